The summed E-state index contributed by atoms with van der Waals surface area (Å²) in [6.07, 6.45) is 2.98. The number of aryl methyl sites for hydroxylation is 1. The van der Waals surface area contributed by atoms with Crippen molar-refractivity contribution in [1.82, 2.24) is 14.5 Å². The van der Waals surface area contributed by atoms with Gasteiger partial charge in [0, 0.05) is 23.1 Å². The molecule has 19 heavy (non-hydrogen) atoms. The zero-order chi connectivity index (χ0) is 14.0. The summed E-state index contributed by atoms with van der Waals surface area (Å²) in [4.78, 5) is 30.7. The second-order valence-electron chi connectivity index (χ2n) is 4.16. The lowest BCUT2D eigenvalue weighted by Gasteiger charge is -2.14. The Balaban J connectivity index is 2.69. The Morgan fingerprint density at radius 1 is 1.42 bits per heavy atom. The summed E-state index contributed by atoms with van der Waals surface area (Å²) >= 11 is 0. The Morgan fingerprint density at radius 2 is 2.16 bits per heavy atom. The third-order valence-electron chi connectivity index (χ3n) is 2.90. The lowest BCUT2D eigenvalue weighted by Crippen LogP contribution is -2.27. The van der Waals surface area contributed by atoms with Gasteiger partial charge in [0.2, 0.25) is 0 Å². The number of nitrogens with zero attached hydrogens (tertiary/aromatic N) is 3. The Labute approximate surface area is 109 Å². The van der Waals surface area contributed by atoms with Gasteiger partial charge < -0.3 is 5.11 Å². The number of hydrogen-bond acceptors (Lipinski definition) is 4. The Morgan fingerprint density at radius 3 is 2.74 bits per heavy atom. The number of rotatable bonds is 3. The fourth-order valence-electron chi connectivity index (χ4n) is 2.00. The van der Waals surface area contributed by atoms with Crippen LogP contribution in [0.4, 0.5) is 0 Å². The van der Waals surface area contributed by atoms with E-state index in [0.717, 1.165) is 0 Å². The van der Waals surface area contributed by atoms with Crippen molar-refractivity contribution in [3.8, 4) is 5.69 Å². The van der Waals surface area contributed by atoms with Crippen LogP contribution in [0, 0.1) is 13.8 Å². The highest BCUT2D eigenvalue weighted by Crippen LogP contribution is 2.14. The van der Waals surface area contributed by atoms with Crippen LogP contribution in [0.1, 0.15) is 17.0 Å². The van der Waals surface area contributed by atoms with Crippen LogP contribution in [0.3, 0.4) is 0 Å². The van der Waals surface area contributed by atoms with E-state index in [1.54, 1.807) is 32.2 Å². The van der Waals surface area contributed by atoms with E-state index in [4.69, 9.17) is 5.11 Å². The first-order valence-corrected chi connectivity index (χ1v) is 5.72. The topological polar surface area (TPSA) is 85.1 Å². The molecule has 0 aliphatic rings. The van der Waals surface area contributed by atoms with Gasteiger partial charge in [0.15, 0.2) is 0 Å². The van der Waals surface area contributed by atoms with Crippen molar-refractivity contribution in [3.63, 3.8) is 0 Å². The molecule has 0 fully saturated rings. The molecule has 2 aromatic heterocycles. The zero-order valence-electron chi connectivity index (χ0n) is 10.6. The summed E-state index contributed by atoms with van der Waals surface area (Å²) in [5, 5.41) is 8.92. The molecular weight excluding hydrogens is 246 g/mol. The second-order valence-corrected chi connectivity index (χ2v) is 4.16. The molecule has 0 unspecified atom stereocenters. The number of hydrogen-bond donors (Lipinski definition) is 1. The van der Waals surface area contributed by atoms with Crippen molar-refractivity contribution < 1.29 is 9.90 Å². The smallest absolute Gasteiger partial charge is 0.352 e. The van der Waals surface area contributed by atoms with E-state index in [0.29, 0.717) is 22.6 Å². The maximum absolute atomic E-state index is 12.0. The minimum Gasteiger partial charge on any atom is -0.481 e. The van der Waals surface area contributed by atoms with Gasteiger partial charge in [-0.3, -0.25) is 14.3 Å². The van der Waals surface area contributed by atoms with Crippen LogP contribution < -0.4 is 5.69 Å². The molecule has 0 aromatic carbocycles. The first kappa shape index (κ1) is 12.9. The van der Waals surface area contributed by atoms with Crippen molar-refractivity contribution in [2.45, 2.75) is 20.3 Å². The maximum atomic E-state index is 12.0. The molecule has 2 aromatic rings. The molecule has 0 amide bonds. The summed E-state index contributed by atoms with van der Waals surface area (Å²) in [7, 11) is 0. The fraction of sp³-hybridized carbons (Fsp3) is 0.231. The van der Waals surface area contributed by atoms with Crippen molar-refractivity contribution in [2.75, 3.05) is 0 Å². The molecule has 0 saturated heterocycles. The highest BCUT2D eigenvalue weighted by atomic mass is 16.4. The summed E-state index contributed by atoms with van der Waals surface area (Å²) in [6.45, 7) is 3.35. The van der Waals surface area contributed by atoms with E-state index < -0.39 is 11.7 Å². The molecule has 0 aliphatic heterocycles. The SMILES string of the molecule is Cc1nc(=O)n(-c2cccnc2)c(C)c1CC(=O)O. The average Bonchev–Trinajstić information content (AvgIpc) is 2.35. The lowest BCUT2D eigenvalue weighted by molar-refractivity contribution is -0.136. The minimum absolute atomic E-state index is 0.161. The van der Waals surface area contributed by atoms with E-state index >= 15 is 0 Å². The molecule has 1 N–H and O–H groups in total. The van der Waals surface area contributed by atoms with E-state index in [9.17, 15) is 9.59 Å². The largest absolute Gasteiger partial charge is 0.481 e. The van der Waals surface area contributed by atoms with Gasteiger partial charge in [-0.1, -0.05) is 0 Å². The number of aliphatic carboxylic acids is 1. The minimum atomic E-state index is -0.954. The van der Waals surface area contributed by atoms with Crippen molar-refractivity contribution in [3.05, 3.63) is 52.0 Å². The van der Waals surface area contributed by atoms with Gasteiger partial charge >= 0.3 is 11.7 Å². The molecule has 2 heterocycles. The molecule has 0 spiro atoms. The van der Waals surface area contributed by atoms with E-state index in [-0.39, 0.29) is 6.42 Å². The van der Waals surface area contributed by atoms with Gasteiger partial charge in [-0.2, -0.15) is 4.98 Å². The van der Waals surface area contributed by atoms with Crippen LogP contribution >= 0.6 is 0 Å². The van der Waals surface area contributed by atoms with Crippen molar-refractivity contribution >= 4 is 5.97 Å². The van der Waals surface area contributed by atoms with Crippen LogP contribution in [0.2, 0.25) is 0 Å². The lowest BCUT2D eigenvalue weighted by atomic mass is 10.1. The van der Waals surface area contributed by atoms with Gasteiger partial charge in [-0.15, -0.1) is 0 Å². The number of carboxylic acids is 1. The summed E-state index contributed by atoms with van der Waals surface area (Å²) in [5.74, 6) is -0.954. The first-order chi connectivity index (χ1) is 9.00. The van der Waals surface area contributed by atoms with E-state index in [1.165, 1.54) is 10.8 Å². The molecule has 0 aliphatic carbocycles. The molecule has 98 valence electrons. The highest BCUT2D eigenvalue weighted by molar-refractivity contribution is 5.71. The molecule has 6 nitrogen and oxygen atoms in total. The zero-order valence-corrected chi connectivity index (χ0v) is 10.6. The quantitative estimate of drug-likeness (QED) is 0.884. The molecule has 2 rings (SSSR count). The Hall–Kier alpha value is -2.50. The third-order valence-corrected chi connectivity index (χ3v) is 2.90. The summed E-state index contributed by atoms with van der Waals surface area (Å²) in [6, 6.07) is 3.43. The number of pyridine rings is 1. The summed E-state index contributed by atoms with van der Waals surface area (Å²) in [5.41, 5.74) is 1.72. The van der Waals surface area contributed by atoms with Gasteiger partial charge in [-0.05, 0) is 26.0 Å². The van der Waals surface area contributed by atoms with Gasteiger partial charge in [-0.25, -0.2) is 4.79 Å². The van der Waals surface area contributed by atoms with Crippen LogP contribution in [-0.2, 0) is 11.2 Å². The molecule has 0 bridgehead atoms. The number of carbonyl (C=O) groups is 1. The van der Waals surface area contributed by atoms with Crippen molar-refractivity contribution in [2.24, 2.45) is 0 Å². The average molecular weight is 259 g/mol. The number of aromatic nitrogens is 3. The monoisotopic (exact) mass is 259 g/mol. The summed E-state index contributed by atoms with van der Waals surface area (Å²) < 4.78 is 1.37. The highest BCUT2D eigenvalue weighted by Gasteiger charge is 2.15. The molecular formula is C13H13N3O3. The molecule has 0 saturated carbocycles. The van der Waals surface area contributed by atoms with Crippen molar-refractivity contribution in [1.29, 1.82) is 0 Å². The van der Waals surface area contributed by atoms with Crippen LogP contribution in [0.5, 0.6) is 0 Å². The Bertz CT molecular complexity index is 678. The normalized spacial score (nSPS) is 10.4. The standard InChI is InChI=1S/C13H13N3O3/c1-8-11(6-12(17)18)9(2)16(13(19)15-8)10-4-3-5-14-7-10/h3-5,7H,6H2,1-2H3,(H,17,18). The molecule has 6 heteroatoms. The van der Waals surface area contributed by atoms with Crippen LogP contribution in [0.25, 0.3) is 5.69 Å². The first-order valence-electron chi connectivity index (χ1n) is 5.72. The Kier molecular flexibility index (Phi) is 3.41. The van der Waals surface area contributed by atoms with E-state index in [2.05, 4.69) is 9.97 Å². The predicted molar refractivity (Wildman–Crippen MR) is 68.4 cm³/mol. The molecule has 0 atom stereocenters. The van der Waals surface area contributed by atoms with Crippen LogP contribution in [-0.4, -0.2) is 25.6 Å². The van der Waals surface area contributed by atoms with E-state index in [1.807, 2.05) is 0 Å². The predicted octanol–water partition coefficient (Wildman–Crippen LogP) is 0.871. The van der Waals surface area contributed by atoms with Gasteiger partial charge in [0.1, 0.15) is 0 Å². The second kappa shape index (κ2) is 5.01. The fourth-order valence-corrected chi connectivity index (χ4v) is 2.00. The van der Waals surface area contributed by atoms with Crippen LogP contribution in [0.15, 0.2) is 29.3 Å². The van der Waals surface area contributed by atoms with Gasteiger partial charge in [0.05, 0.1) is 18.3 Å². The third kappa shape index (κ3) is 2.52. The number of carboxylic acid groups (broad SMARTS) is 1. The molecule has 0 radical (unpaired) electrons. The van der Waals surface area contributed by atoms with Gasteiger partial charge in [0.25, 0.3) is 0 Å². The maximum Gasteiger partial charge on any atom is 0.352 e.